The van der Waals surface area contributed by atoms with Crippen LogP contribution in [-0.2, 0) is 0 Å². The highest BCUT2D eigenvalue weighted by Gasteiger charge is 2.14. The highest BCUT2D eigenvalue weighted by atomic mass is 16.1. The lowest BCUT2D eigenvalue weighted by Crippen LogP contribution is -2.22. The van der Waals surface area contributed by atoms with Gasteiger partial charge in [-0.3, -0.25) is 9.36 Å². The van der Waals surface area contributed by atoms with Gasteiger partial charge < -0.3 is 0 Å². The Labute approximate surface area is 146 Å². The van der Waals surface area contributed by atoms with E-state index in [4.69, 9.17) is 4.98 Å². The van der Waals surface area contributed by atoms with Crippen LogP contribution < -0.4 is 5.56 Å². The van der Waals surface area contributed by atoms with Gasteiger partial charge in [0.05, 0.1) is 16.6 Å². The van der Waals surface area contributed by atoms with Crippen molar-refractivity contribution in [2.45, 2.75) is 13.8 Å². The summed E-state index contributed by atoms with van der Waals surface area (Å²) in [6.45, 7) is 4.07. The van der Waals surface area contributed by atoms with Crippen molar-refractivity contribution in [2.75, 3.05) is 0 Å². The first-order valence-electron chi connectivity index (χ1n) is 8.29. The van der Waals surface area contributed by atoms with E-state index >= 15 is 0 Å². The van der Waals surface area contributed by atoms with E-state index in [0.29, 0.717) is 16.7 Å². The fraction of sp³-hybridized carbons (Fsp3) is 0.0909. The first-order chi connectivity index (χ1) is 12.1. The minimum Gasteiger partial charge on any atom is -0.268 e. The second-order valence-corrected chi connectivity index (χ2v) is 6.30. The maximum atomic E-state index is 13.2. The largest absolute Gasteiger partial charge is 0.268 e. The van der Waals surface area contributed by atoms with Gasteiger partial charge in [0.2, 0.25) is 0 Å². The van der Waals surface area contributed by atoms with Crippen LogP contribution in [0.25, 0.3) is 28.0 Å². The van der Waals surface area contributed by atoms with Crippen molar-refractivity contribution in [1.82, 2.24) is 9.55 Å². The molecule has 1 heterocycles. The van der Waals surface area contributed by atoms with Gasteiger partial charge in [-0.05, 0) is 43.7 Å². The van der Waals surface area contributed by atoms with Crippen LogP contribution in [0, 0.1) is 13.8 Å². The van der Waals surface area contributed by atoms with E-state index in [-0.39, 0.29) is 5.56 Å². The van der Waals surface area contributed by atoms with E-state index in [1.165, 1.54) is 5.56 Å². The van der Waals surface area contributed by atoms with Crippen molar-refractivity contribution >= 4 is 10.9 Å². The van der Waals surface area contributed by atoms with Crippen molar-refractivity contribution in [3.05, 3.63) is 94.3 Å². The summed E-state index contributed by atoms with van der Waals surface area (Å²) in [6, 6.07) is 23.5. The quantitative estimate of drug-likeness (QED) is 0.536. The van der Waals surface area contributed by atoms with Crippen LogP contribution in [0.15, 0.2) is 77.6 Å². The number of hydrogen-bond donors (Lipinski definition) is 0. The Bertz CT molecular complexity index is 1120. The van der Waals surface area contributed by atoms with Gasteiger partial charge in [0.1, 0.15) is 5.82 Å². The molecule has 122 valence electrons. The topological polar surface area (TPSA) is 34.9 Å². The van der Waals surface area contributed by atoms with Gasteiger partial charge in [-0.1, -0.05) is 54.1 Å². The monoisotopic (exact) mass is 326 g/mol. The summed E-state index contributed by atoms with van der Waals surface area (Å²) in [6.07, 6.45) is 0. The summed E-state index contributed by atoms with van der Waals surface area (Å²) in [5.41, 5.74) is 4.70. The number of benzene rings is 3. The molecule has 3 heteroatoms. The minimum atomic E-state index is -0.0493. The van der Waals surface area contributed by atoms with E-state index < -0.39 is 0 Å². The zero-order valence-corrected chi connectivity index (χ0v) is 14.2. The summed E-state index contributed by atoms with van der Waals surface area (Å²) in [5, 5.41) is 0.625. The second-order valence-electron chi connectivity index (χ2n) is 6.30. The zero-order valence-electron chi connectivity index (χ0n) is 14.2. The Balaban J connectivity index is 2.11. The molecule has 0 aliphatic rings. The molecule has 3 aromatic carbocycles. The van der Waals surface area contributed by atoms with Gasteiger partial charge in [0.15, 0.2) is 0 Å². The third-order valence-corrected chi connectivity index (χ3v) is 4.35. The van der Waals surface area contributed by atoms with Crippen molar-refractivity contribution in [3.63, 3.8) is 0 Å². The highest BCUT2D eigenvalue weighted by molar-refractivity contribution is 5.80. The van der Waals surface area contributed by atoms with Crippen LogP contribution in [0.5, 0.6) is 0 Å². The zero-order chi connectivity index (χ0) is 17.4. The molecule has 4 aromatic rings. The normalized spacial score (nSPS) is 11.0. The van der Waals surface area contributed by atoms with Gasteiger partial charge in [-0.25, -0.2) is 4.98 Å². The number of aryl methyl sites for hydroxylation is 2. The fourth-order valence-corrected chi connectivity index (χ4v) is 3.04. The van der Waals surface area contributed by atoms with Gasteiger partial charge >= 0.3 is 0 Å². The summed E-state index contributed by atoms with van der Waals surface area (Å²) in [4.78, 5) is 18.0. The molecule has 0 bridgehead atoms. The predicted molar refractivity (Wildman–Crippen MR) is 102 cm³/mol. The molecule has 1 aromatic heterocycles. The minimum absolute atomic E-state index is 0.0493. The molecule has 0 atom stereocenters. The average molecular weight is 326 g/mol. The first kappa shape index (κ1) is 15.3. The number of fused-ring (bicyclic) bond motifs is 1. The number of rotatable bonds is 2. The summed E-state index contributed by atoms with van der Waals surface area (Å²) in [5.74, 6) is 0.661. The molecule has 0 aliphatic carbocycles. The lowest BCUT2D eigenvalue weighted by atomic mass is 10.1. The van der Waals surface area contributed by atoms with Crippen LogP contribution in [-0.4, -0.2) is 9.55 Å². The van der Waals surface area contributed by atoms with Gasteiger partial charge in [0.25, 0.3) is 5.56 Å². The van der Waals surface area contributed by atoms with Gasteiger partial charge in [0, 0.05) is 5.56 Å². The summed E-state index contributed by atoms with van der Waals surface area (Å²) >= 11 is 0. The van der Waals surface area contributed by atoms with Crippen molar-refractivity contribution in [2.24, 2.45) is 0 Å². The van der Waals surface area contributed by atoms with Crippen LogP contribution in [0.4, 0.5) is 0 Å². The molecule has 0 spiro atoms. The molecule has 0 aliphatic heterocycles. The van der Waals surface area contributed by atoms with Gasteiger partial charge in [-0.2, -0.15) is 0 Å². The number of para-hydroxylation sites is 1. The van der Waals surface area contributed by atoms with E-state index in [0.717, 1.165) is 16.8 Å². The lowest BCUT2D eigenvalue weighted by molar-refractivity contribution is 0.973. The van der Waals surface area contributed by atoms with E-state index in [1.54, 1.807) is 4.57 Å². The van der Waals surface area contributed by atoms with E-state index in [1.807, 2.05) is 86.6 Å². The molecule has 25 heavy (non-hydrogen) atoms. The molecule has 4 rings (SSSR count). The molecule has 0 N–H and O–H groups in total. The van der Waals surface area contributed by atoms with Crippen LogP contribution in [0.2, 0.25) is 0 Å². The van der Waals surface area contributed by atoms with Crippen LogP contribution >= 0.6 is 0 Å². The predicted octanol–water partition coefficient (Wildman–Crippen LogP) is 4.67. The fourth-order valence-electron chi connectivity index (χ4n) is 3.04. The average Bonchev–Trinajstić information content (AvgIpc) is 2.62. The Morgan fingerprint density at radius 1 is 0.800 bits per heavy atom. The third kappa shape index (κ3) is 2.74. The maximum absolute atomic E-state index is 13.2. The summed E-state index contributed by atoms with van der Waals surface area (Å²) in [7, 11) is 0. The Hall–Kier alpha value is -3.20. The van der Waals surface area contributed by atoms with Crippen molar-refractivity contribution in [3.8, 4) is 17.1 Å². The molecule has 0 saturated heterocycles. The summed E-state index contributed by atoms with van der Waals surface area (Å²) < 4.78 is 1.71. The molecule has 0 radical (unpaired) electrons. The molecule has 0 saturated carbocycles. The Morgan fingerprint density at radius 2 is 1.56 bits per heavy atom. The second kappa shape index (κ2) is 6.02. The lowest BCUT2D eigenvalue weighted by Gasteiger charge is -2.14. The Morgan fingerprint density at radius 3 is 2.32 bits per heavy atom. The number of hydrogen-bond acceptors (Lipinski definition) is 2. The number of aromatic nitrogens is 2. The standard InChI is InChI=1S/C22H18N2O/c1-15-10-12-17(13-11-15)21-23-20-9-4-3-8-19(20)22(25)24(21)18-7-5-6-16(2)14-18/h3-14H,1-2H3. The molecular weight excluding hydrogens is 308 g/mol. The molecule has 0 unspecified atom stereocenters. The van der Waals surface area contributed by atoms with E-state index in [2.05, 4.69) is 0 Å². The SMILES string of the molecule is Cc1ccc(-c2nc3ccccc3c(=O)n2-c2cccc(C)c2)cc1. The smallest absolute Gasteiger partial charge is 0.266 e. The highest BCUT2D eigenvalue weighted by Crippen LogP contribution is 2.23. The molecular formula is C22H18N2O. The molecule has 0 amide bonds. The van der Waals surface area contributed by atoms with Crippen molar-refractivity contribution < 1.29 is 0 Å². The molecule has 3 nitrogen and oxygen atoms in total. The third-order valence-electron chi connectivity index (χ3n) is 4.35. The number of nitrogens with zero attached hydrogens (tertiary/aromatic N) is 2. The molecule has 0 fully saturated rings. The van der Waals surface area contributed by atoms with Crippen LogP contribution in [0.1, 0.15) is 11.1 Å². The van der Waals surface area contributed by atoms with E-state index in [9.17, 15) is 4.79 Å². The Kier molecular flexibility index (Phi) is 3.69. The van der Waals surface area contributed by atoms with Crippen LogP contribution in [0.3, 0.4) is 0 Å². The first-order valence-corrected chi connectivity index (χ1v) is 8.29. The maximum Gasteiger partial charge on any atom is 0.266 e. The van der Waals surface area contributed by atoms with Crippen molar-refractivity contribution in [1.29, 1.82) is 0 Å². The van der Waals surface area contributed by atoms with Gasteiger partial charge in [-0.15, -0.1) is 0 Å².